The third-order valence-electron chi connectivity index (χ3n) is 1.22. The van der Waals surface area contributed by atoms with Gasteiger partial charge in [-0.05, 0) is 19.4 Å². The molecule has 0 spiro atoms. The molecular weight excluding hydrogens is 128 g/mol. The Morgan fingerprint density at radius 2 is 1.60 bits per heavy atom. The fourth-order valence-corrected chi connectivity index (χ4v) is 0.711. The third-order valence-corrected chi connectivity index (χ3v) is 1.22. The van der Waals surface area contributed by atoms with Crippen molar-refractivity contribution in [2.45, 2.75) is 13.8 Å². The van der Waals surface area contributed by atoms with Gasteiger partial charge in [0.1, 0.15) is 5.76 Å². The molecular formula is C8H14O2. The summed E-state index contributed by atoms with van der Waals surface area (Å²) >= 11 is 0. The number of ether oxygens (including phenoxy) is 2. The Balaban J connectivity index is 4.45. The van der Waals surface area contributed by atoms with Crippen LogP contribution in [0.3, 0.4) is 0 Å². The first-order chi connectivity index (χ1) is 4.63. The number of methoxy groups -OCH3 is 2. The van der Waals surface area contributed by atoms with E-state index in [1.807, 2.05) is 13.8 Å². The lowest BCUT2D eigenvalue weighted by molar-refractivity contribution is 0.229. The van der Waals surface area contributed by atoms with E-state index >= 15 is 0 Å². The molecule has 0 aromatic rings. The van der Waals surface area contributed by atoms with Gasteiger partial charge in [0, 0.05) is 0 Å². The van der Waals surface area contributed by atoms with Crippen molar-refractivity contribution in [3.05, 3.63) is 23.7 Å². The highest BCUT2D eigenvalue weighted by Gasteiger charge is 2.01. The van der Waals surface area contributed by atoms with Crippen LogP contribution in [0, 0.1) is 0 Å². The molecule has 10 heavy (non-hydrogen) atoms. The monoisotopic (exact) mass is 142 g/mol. The summed E-state index contributed by atoms with van der Waals surface area (Å²) in [6.07, 6.45) is 0. The molecule has 0 radical (unpaired) electrons. The molecule has 0 aromatic heterocycles. The van der Waals surface area contributed by atoms with Crippen molar-refractivity contribution < 1.29 is 9.47 Å². The molecule has 0 saturated carbocycles. The van der Waals surface area contributed by atoms with Crippen molar-refractivity contribution in [2.75, 3.05) is 14.2 Å². The fourth-order valence-electron chi connectivity index (χ4n) is 0.711. The Hall–Kier alpha value is -0.920. The zero-order valence-corrected chi connectivity index (χ0v) is 7.02. The minimum absolute atomic E-state index is 0.725. The molecule has 0 rings (SSSR count). The lowest BCUT2D eigenvalue weighted by Gasteiger charge is -2.08. The normalized spacial score (nSPS) is 12.0. The van der Waals surface area contributed by atoms with E-state index in [0.29, 0.717) is 0 Å². The van der Waals surface area contributed by atoms with Crippen molar-refractivity contribution in [3.8, 4) is 0 Å². The molecule has 2 nitrogen and oxygen atoms in total. The average Bonchev–Trinajstić information content (AvgIpc) is 1.88. The van der Waals surface area contributed by atoms with Crippen molar-refractivity contribution in [1.29, 1.82) is 0 Å². The van der Waals surface area contributed by atoms with Gasteiger partial charge in [0.15, 0.2) is 5.76 Å². The summed E-state index contributed by atoms with van der Waals surface area (Å²) in [6.45, 7) is 7.45. The van der Waals surface area contributed by atoms with Gasteiger partial charge in [0.05, 0.1) is 14.2 Å². The van der Waals surface area contributed by atoms with E-state index in [-0.39, 0.29) is 0 Å². The van der Waals surface area contributed by atoms with E-state index in [2.05, 4.69) is 6.58 Å². The maximum Gasteiger partial charge on any atom is 0.158 e. The van der Waals surface area contributed by atoms with Crippen LogP contribution in [-0.4, -0.2) is 14.2 Å². The van der Waals surface area contributed by atoms with Crippen LogP contribution in [0.15, 0.2) is 23.7 Å². The van der Waals surface area contributed by atoms with Gasteiger partial charge in [-0.15, -0.1) is 0 Å². The molecule has 0 heterocycles. The Kier molecular flexibility index (Phi) is 3.62. The highest BCUT2D eigenvalue weighted by Crippen LogP contribution is 2.12. The number of hydrogen-bond acceptors (Lipinski definition) is 2. The second kappa shape index (κ2) is 3.99. The average molecular weight is 142 g/mol. The summed E-state index contributed by atoms with van der Waals surface area (Å²) in [7, 11) is 3.21. The second-order valence-corrected chi connectivity index (χ2v) is 2.07. The maximum atomic E-state index is 5.02. The van der Waals surface area contributed by atoms with Crippen LogP contribution in [0.2, 0.25) is 0 Å². The minimum Gasteiger partial charge on any atom is -0.498 e. The minimum atomic E-state index is 0.725. The van der Waals surface area contributed by atoms with Crippen molar-refractivity contribution in [3.63, 3.8) is 0 Å². The fraction of sp³-hybridized carbons (Fsp3) is 0.500. The van der Waals surface area contributed by atoms with Crippen molar-refractivity contribution >= 4 is 0 Å². The summed E-state index contributed by atoms with van der Waals surface area (Å²) in [5.74, 6) is 1.48. The summed E-state index contributed by atoms with van der Waals surface area (Å²) in [6, 6.07) is 0. The van der Waals surface area contributed by atoms with Crippen LogP contribution < -0.4 is 0 Å². The van der Waals surface area contributed by atoms with Gasteiger partial charge in [-0.2, -0.15) is 0 Å². The largest absolute Gasteiger partial charge is 0.498 e. The first-order valence-electron chi connectivity index (χ1n) is 3.08. The molecule has 0 fully saturated rings. The maximum absolute atomic E-state index is 5.02. The van der Waals surface area contributed by atoms with E-state index in [0.717, 1.165) is 17.1 Å². The highest BCUT2D eigenvalue weighted by atomic mass is 16.5. The zero-order chi connectivity index (χ0) is 8.15. The van der Waals surface area contributed by atoms with Gasteiger partial charge in [0.25, 0.3) is 0 Å². The topological polar surface area (TPSA) is 18.5 Å². The van der Waals surface area contributed by atoms with E-state index in [1.165, 1.54) is 0 Å². The molecule has 0 bridgehead atoms. The third kappa shape index (κ3) is 2.13. The molecule has 0 aromatic carbocycles. The molecule has 58 valence electrons. The van der Waals surface area contributed by atoms with Crippen LogP contribution in [0.25, 0.3) is 0 Å². The van der Waals surface area contributed by atoms with Gasteiger partial charge >= 0.3 is 0 Å². The molecule has 0 atom stereocenters. The Labute approximate surface area is 62.1 Å². The van der Waals surface area contributed by atoms with Gasteiger partial charge in [-0.25, -0.2) is 0 Å². The summed E-state index contributed by atoms with van der Waals surface area (Å²) < 4.78 is 9.98. The molecule has 0 unspecified atom stereocenters. The molecule has 2 heteroatoms. The molecule has 0 amide bonds. The highest BCUT2D eigenvalue weighted by molar-refractivity contribution is 5.22. The van der Waals surface area contributed by atoms with Crippen LogP contribution in [0.1, 0.15) is 13.8 Å². The van der Waals surface area contributed by atoms with Gasteiger partial charge in [-0.1, -0.05) is 6.58 Å². The smallest absolute Gasteiger partial charge is 0.158 e. The first kappa shape index (κ1) is 9.08. The molecule has 0 N–H and O–H groups in total. The quantitative estimate of drug-likeness (QED) is 0.443. The first-order valence-corrected chi connectivity index (χ1v) is 3.08. The number of hydrogen-bond donors (Lipinski definition) is 0. The molecule has 0 saturated heterocycles. The van der Waals surface area contributed by atoms with Crippen molar-refractivity contribution in [2.24, 2.45) is 0 Å². The Morgan fingerprint density at radius 1 is 1.10 bits per heavy atom. The zero-order valence-electron chi connectivity index (χ0n) is 7.02. The Bertz CT molecular complexity index is 157. The van der Waals surface area contributed by atoms with E-state index in [1.54, 1.807) is 14.2 Å². The predicted molar refractivity (Wildman–Crippen MR) is 41.5 cm³/mol. The van der Waals surface area contributed by atoms with Gasteiger partial charge in [0.2, 0.25) is 0 Å². The summed E-state index contributed by atoms with van der Waals surface area (Å²) in [5.41, 5.74) is 0.877. The van der Waals surface area contributed by atoms with Gasteiger partial charge < -0.3 is 9.47 Å². The van der Waals surface area contributed by atoms with Crippen LogP contribution in [0.4, 0.5) is 0 Å². The molecule has 0 aliphatic rings. The van der Waals surface area contributed by atoms with Crippen LogP contribution in [-0.2, 0) is 9.47 Å². The lowest BCUT2D eigenvalue weighted by Crippen LogP contribution is -1.94. The molecule has 0 aliphatic carbocycles. The number of rotatable bonds is 3. The summed E-state index contributed by atoms with van der Waals surface area (Å²) in [4.78, 5) is 0. The van der Waals surface area contributed by atoms with E-state index in [9.17, 15) is 0 Å². The van der Waals surface area contributed by atoms with E-state index < -0.39 is 0 Å². The predicted octanol–water partition coefficient (Wildman–Crippen LogP) is 2.09. The van der Waals surface area contributed by atoms with Crippen LogP contribution >= 0.6 is 0 Å². The summed E-state index contributed by atoms with van der Waals surface area (Å²) in [5, 5.41) is 0. The lowest BCUT2D eigenvalue weighted by atomic mass is 10.2. The van der Waals surface area contributed by atoms with Gasteiger partial charge in [-0.3, -0.25) is 0 Å². The molecule has 0 aliphatic heterocycles. The van der Waals surface area contributed by atoms with Crippen molar-refractivity contribution in [1.82, 2.24) is 0 Å². The SMILES string of the molecule is C=C(C)C(OC)=C(C)OC. The van der Waals surface area contributed by atoms with E-state index in [4.69, 9.17) is 9.47 Å². The number of allylic oxidation sites excluding steroid dienone is 2. The van der Waals surface area contributed by atoms with Crippen LogP contribution in [0.5, 0.6) is 0 Å². The Morgan fingerprint density at radius 3 is 1.70 bits per heavy atom. The second-order valence-electron chi connectivity index (χ2n) is 2.07. The standard InChI is InChI=1S/C8H14O2/c1-6(2)8(10-5)7(3)9-4/h1H2,2-5H3.